The van der Waals surface area contributed by atoms with Crippen molar-refractivity contribution in [1.82, 2.24) is 9.38 Å². The van der Waals surface area contributed by atoms with Crippen LogP contribution in [0, 0.1) is 6.92 Å². The molecule has 0 unspecified atom stereocenters. The third-order valence-electron chi connectivity index (χ3n) is 3.63. The Bertz CT molecular complexity index is 644. The average Bonchev–Trinajstić information content (AvgIpc) is 2.90. The molecule has 4 heteroatoms. The summed E-state index contributed by atoms with van der Waals surface area (Å²) in [5, 5.41) is 0.762. The SMILES string of the molecule is Cc1ccc2nc(CSC3CCCC3)cc(=O)n2c1. The van der Waals surface area contributed by atoms with E-state index in [0.717, 1.165) is 27.9 Å². The summed E-state index contributed by atoms with van der Waals surface area (Å²) < 4.78 is 1.62. The predicted octanol–water partition coefficient (Wildman–Crippen LogP) is 3.18. The highest BCUT2D eigenvalue weighted by Crippen LogP contribution is 2.31. The number of aryl methyl sites for hydroxylation is 1. The summed E-state index contributed by atoms with van der Waals surface area (Å²) in [5.74, 6) is 0.851. The Morgan fingerprint density at radius 1 is 1.37 bits per heavy atom. The van der Waals surface area contributed by atoms with Gasteiger partial charge in [-0.25, -0.2) is 4.98 Å². The van der Waals surface area contributed by atoms with Crippen molar-refractivity contribution in [3.63, 3.8) is 0 Å². The second-order valence-electron chi connectivity index (χ2n) is 5.24. The summed E-state index contributed by atoms with van der Waals surface area (Å²) in [6.07, 6.45) is 7.18. The molecule has 3 rings (SSSR count). The van der Waals surface area contributed by atoms with Crippen molar-refractivity contribution >= 4 is 17.4 Å². The zero-order valence-electron chi connectivity index (χ0n) is 11.1. The fourth-order valence-electron chi connectivity index (χ4n) is 2.59. The van der Waals surface area contributed by atoms with Crippen LogP contribution in [0.4, 0.5) is 0 Å². The number of hydrogen-bond donors (Lipinski definition) is 0. The van der Waals surface area contributed by atoms with Crippen LogP contribution in [0.25, 0.3) is 5.65 Å². The molecule has 0 saturated heterocycles. The van der Waals surface area contributed by atoms with Gasteiger partial charge < -0.3 is 0 Å². The quantitative estimate of drug-likeness (QED) is 0.862. The lowest BCUT2D eigenvalue weighted by Gasteiger charge is -2.09. The molecule has 0 aromatic carbocycles. The number of hydrogen-bond acceptors (Lipinski definition) is 3. The first kappa shape index (κ1) is 12.7. The molecule has 1 aliphatic rings. The van der Waals surface area contributed by atoms with Crippen molar-refractivity contribution < 1.29 is 0 Å². The highest BCUT2D eigenvalue weighted by atomic mass is 32.2. The highest BCUT2D eigenvalue weighted by molar-refractivity contribution is 7.99. The van der Waals surface area contributed by atoms with Crippen molar-refractivity contribution in [3.05, 3.63) is 46.0 Å². The Hall–Kier alpha value is -1.29. The molecule has 0 radical (unpaired) electrons. The first-order chi connectivity index (χ1) is 9.22. The van der Waals surface area contributed by atoms with E-state index in [-0.39, 0.29) is 5.56 Å². The lowest BCUT2D eigenvalue weighted by atomic mass is 10.3. The molecule has 0 amide bonds. The summed E-state index contributed by atoms with van der Waals surface area (Å²) in [6, 6.07) is 5.59. The van der Waals surface area contributed by atoms with E-state index < -0.39 is 0 Å². The Morgan fingerprint density at radius 3 is 2.95 bits per heavy atom. The van der Waals surface area contributed by atoms with Gasteiger partial charge in [-0.15, -0.1) is 0 Å². The summed E-state index contributed by atoms with van der Waals surface area (Å²) in [6.45, 7) is 1.98. The van der Waals surface area contributed by atoms with Gasteiger partial charge in [0.25, 0.3) is 5.56 Å². The Morgan fingerprint density at radius 2 is 2.16 bits per heavy atom. The molecule has 0 spiro atoms. The number of fused-ring (bicyclic) bond motifs is 1. The van der Waals surface area contributed by atoms with Crippen LogP contribution in [0.1, 0.15) is 36.9 Å². The second-order valence-corrected chi connectivity index (χ2v) is 6.53. The summed E-state index contributed by atoms with van der Waals surface area (Å²) in [7, 11) is 0. The molecule has 1 saturated carbocycles. The minimum absolute atomic E-state index is 0.0238. The molecular weight excluding hydrogens is 256 g/mol. The van der Waals surface area contributed by atoms with E-state index in [2.05, 4.69) is 4.98 Å². The average molecular weight is 274 g/mol. The van der Waals surface area contributed by atoms with Crippen LogP contribution in [0.2, 0.25) is 0 Å². The van der Waals surface area contributed by atoms with Gasteiger partial charge in [-0.1, -0.05) is 18.9 Å². The Balaban J connectivity index is 1.84. The van der Waals surface area contributed by atoms with Crippen molar-refractivity contribution in [1.29, 1.82) is 0 Å². The fraction of sp³-hybridized carbons (Fsp3) is 0.467. The summed E-state index contributed by atoms with van der Waals surface area (Å²) in [4.78, 5) is 16.6. The molecular formula is C15H18N2OS. The van der Waals surface area contributed by atoms with Crippen LogP contribution in [-0.2, 0) is 5.75 Å². The minimum Gasteiger partial charge on any atom is -0.269 e. The van der Waals surface area contributed by atoms with Gasteiger partial charge in [0.15, 0.2) is 0 Å². The molecule has 1 aliphatic carbocycles. The molecule has 19 heavy (non-hydrogen) atoms. The number of nitrogens with zero attached hydrogens (tertiary/aromatic N) is 2. The van der Waals surface area contributed by atoms with Gasteiger partial charge in [0.05, 0.1) is 5.69 Å². The van der Waals surface area contributed by atoms with Crippen molar-refractivity contribution in [2.24, 2.45) is 0 Å². The Kier molecular flexibility index (Phi) is 3.60. The van der Waals surface area contributed by atoms with Gasteiger partial charge in [0, 0.05) is 23.3 Å². The van der Waals surface area contributed by atoms with E-state index in [0.29, 0.717) is 0 Å². The van der Waals surface area contributed by atoms with Crippen LogP contribution < -0.4 is 5.56 Å². The monoisotopic (exact) mass is 274 g/mol. The van der Waals surface area contributed by atoms with Gasteiger partial charge in [-0.2, -0.15) is 11.8 Å². The van der Waals surface area contributed by atoms with E-state index in [9.17, 15) is 4.79 Å². The lowest BCUT2D eigenvalue weighted by Crippen LogP contribution is -2.15. The van der Waals surface area contributed by atoms with Crippen LogP contribution in [0.15, 0.2) is 29.2 Å². The highest BCUT2D eigenvalue weighted by Gasteiger charge is 2.15. The Labute approximate surface area is 117 Å². The maximum atomic E-state index is 12.1. The zero-order chi connectivity index (χ0) is 13.2. The molecule has 0 atom stereocenters. The molecule has 0 aliphatic heterocycles. The van der Waals surface area contributed by atoms with Crippen LogP contribution in [0.5, 0.6) is 0 Å². The molecule has 2 heterocycles. The molecule has 0 bridgehead atoms. The van der Waals surface area contributed by atoms with Crippen LogP contribution in [-0.4, -0.2) is 14.6 Å². The maximum absolute atomic E-state index is 12.1. The molecule has 3 nitrogen and oxygen atoms in total. The lowest BCUT2D eigenvalue weighted by molar-refractivity contribution is 0.886. The minimum atomic E-state index is 0.0238. The first-order valence-electron chi connectivity index (χ1n) is 6.83. The largest absolute Gasteiger partial charge is 0.269 e. The van der Waals surface area contributed by atoms with Gasteiger partial charge >= 0.3 is 0 Å². The van der Waals surface area contributed by atoms with E-state index in [4.69, 9.17) is 0 Å². The number of rotatable bonds is 3. The number of pyridine rings is 1. The van der Waals surface area contributed by atoms with Crippen molar-refractivity contribution in [2.45, 2.75) is 43.6 Å². The van der Waals surface area contributed by atoms with Gasteiger partial charge in [0.2, 0.25) is 0 Å². The van der Waals surface area contributed by atoms with Gasteiger partial charge in [-0.05, 0) is 31.4 Å². The number of thioether (sulfide) groups is 1. The third-order valence-corrected chi connectivity index (χ3v) is 5.03. The van der Waals surface area contributed by atoms with Gasteiger partial charge in [-0.3, -0.25) is 9.20 Å². The third kappa shape index (κ3) is 2.84. The zero-order valence-corrected chi connectivity index (χ0v) is 11.9. The van der Waals surface area contributed by atoms with E-state index in [1.807, 2.05) is 37.0 Å². The van der Waals surface area contributed by atoms with E-state index in [1.54, 1.807) is 10.5 Å². The fourth-order valence-corrected chi connectivity index (χ4v) is 3.81. The normalized spacial score (nSPS) is 16.3. The van der Waals surface area contributed by atoms with E-state index in [1.165, 1.54) is 25.7 Å². The van der Waals surface area contributed by atoms with Crippen LogP contribution >= 0.6 is 11.8 Å². The van der Waals surface area contributed by atoms with Crippen molar-refractivity contribution in [2.75, 3.05) is 0 Å². The maximum Gasteiger partial charge on any atom is 0.258 e. The summed E-state index contributed by atoms with van der Waals surface area (Å²) >= 11 is 1.95. The molecule has 2 aromatic heterocycles. The smallest absolute Gasteiger partial charge is 0.258 e. The standard InChI is InChI=1S/C15H18N2OS/c1-11-6-7-14-16-12(8-15(18)17(14)9-11)10-19-13-4-2-3-5-13/h6-9,13H,2-5,10H2,1H3. The predicted molar refractivity (Wildman–Crippen MR) is 79.8 cm³/mol. The van der Waals surface area contributed by atoms with Gasteiger partial charge in [0.1, 0.15) is 5.65 Å². The van der Waals surface area contributed by atoms with Crippen LogP contribution in [0.3, 0.4) is 0 Å². The van der Waals surface area contributed by atoms with Crippen molar-refractivity contribution in [3.8, 4) is 0 Å². The summed E-state index contributed by atoms with van der Waals surface area (Å²) in [5.41, 5.74) is 2.76. The number of aromatic nitrogens is 2. The molecule has 2 aromatic rings. The van der Waals surface area contributed by atoms with E-state index >= 15 is 0 Å². The first-order valence-corrected chi connectivity index (χ1v) is 7.88. The molecule has 0 N–H and O–H groups in total. The topological polar surface area (TPSA) is 34.4 Å². The second kappa shape index (κ2) is 5.37. The molecule has 1 fully saturated rings. The molecule has 100 valence electrons.